The quantitative estimate of drug-likeness (QED) is 0.779. The molecule has 3 rings (SSSR count). The predicted molar refractivity (Wildman–Crippen MR) is 101 cm³/mol. The molecule has 0 aliphatic carbocycles. The van der Waals surface area contributed by atoms with Gasteiger partial charge in [0.2, 0.25) is 0 Å². The van der Waals surface area contributed by atoms with Gasteiger partial charge in [-0.2, -0.15) is 15.5 Å². The maximum atomic E-state index is 13.3. The Bertz CT molecular complexity index is 790. The van der Waals surface area contributed by atoms with Crippen LogP contribution >= 0.6 is 0 Å². The molecule has 1 atom stereocenters. The minimum Gasteiger partial charge on any atom is -0.339 e. The van der Waals surface area contributed by atoms with Crippen molar-refractivity contribution in [3.8, 4) is 6.07 Å². The molecule has 0 aromatic heterocycles. The summed E-state index contributed by atoms with van der Waals surface area (Å²) >= 11 is 0. The maximum Gasteiger partial charge on any atom is 0.254 e. The number of nitrogens with zero attached hydrogens (tertiary/aromatic N) is 4. The van der Waals surface area contributed by atoms with E-state index in [1.807, 2.05) is 11.0 Å². The Morgan fingerprint density at radius 2 is 2.00 bits per heavy atom. The van der Waals surface area contributed by atoms with Crippen LogP contribution in [0.1, 0.15) is 62.0 Å². The van der Waals surface area contributed by atoms with E-state index in [4.69, 9.17) is 0 Å². The molecule has 1 aromatic carbocycles. The molecular formula is C21H26N4O. The Morgan fingerprint density at radius 1 is 1.31 bits per heavy atom. The fourth-order valence-corrected chi connectivity index (χ4v) is 3.74. The summed E-state index contributed by atoms with van der Waals surface area (Å²) in [4.78, 5) is 15.2. The summed E-state index contributed by atoms with van der Waals surface area (Å²) in [5.41, 5.74) is 0.892. The highest BCUT2D eigenvalue weighted by Gasteiger charge is 2.46. The van der Waals surface area contributed by atoms with E-state index in [1.165, 1.54) is 0 Å². The molecular weight excluding hydrogens is 324 g/mol. The number of likely N-dealkylation sites (tertiary alicyclic amines) is 1. The fourth-order valence-electron chi connectivity index (χ4n) is 3.74. The van der Waals surface area contributed by atoms with Crippen LogP contribution < -0.4 is 0 Å². The van der Waals surface area contributed by atoms with E-state index in [2.05, 4.69) is 44.0 Å². The van der Waals surface area contributed by atoms with Crippen LogP contribution in [-0.2, 0) is 5.54 Å². The van der Waals surface area contributed by atoms with Crippen molar-refractivity contribution in [2.75, 3.05) is 13.1 Å². The molecule has 0 radical (unpaired) electrons. The largest absolute Gasteiger partial charge is 0.339 e. The van der Waals surface area contributed by atoms with Crippen molar-refractivity contribution >= 4 is 5.91 Å². The Balaban J connectivity index is 2.10. The number of benzene rings is 1. The van der Waals surface area contributed by atoms with Gasteiger partial charge in [-0.1, -0.05) is 27.7 Å². The van der Waals surface area contributed by atoms with Crippen LogP contribution in [0.3, 0.4) is 0 Å². The van der Waals surface area contributed by atoms with Gasteiger partial charge in [0.1, 0.15) is 5.54 Å². The third-order valence-electron chi connectivity index (χ3n) is 5.60. The normalized spacial score (nSPS) is 23.3. The molecule has 0 saturated carbocycles. The first-order valence-electron chi connectivity index (χ1n) is 9.22. The minimum absolute atomic E-state index is 0.0236. The fraction of sp³-hybridized carbons (Fsp3) is 0.524. The number of hydrogen-bond acceptors (Lipinski definition) is 4. The zero-order valence-electron chi connectivity index (χ0n) is 16.0. The standard InChI is InChI=1S/C21H26N4O/c1-15-7-11-25(12-8-15)19(26)17-6-5-16(14-22)13-18(17)21(20(2,3)4)9-10-23-24-21/h5-6,9-10,13,15H,7-8,11-12H2,1-4H3. The van der Waals surface area contributed by atoms with Gasteiger partial charge in [0.15, 0.2) is 0 Å². The lowest BCUT2D eigenvalue weighted by Gasteiger charge is -2.39. The molecule has 5 nitrogen and oxygen atoms in total. The van der Waals surface area contributed by atoms with Gasteiger partial charge < -0.3 is 4.90 Å². The van der Waals surface area contributed by atoms with E-state index in [-0.39, 0.29) is 11.3 Å². The number of rotatable bonds is 2. The van der Waals surface area contributed by atoms with Crippen LogP contribution in [0.15, 0.2) is 40.7 Å². The molecule has 1 unspecified atom stereocenters. The molecule has 2 heterocycles. The van der Waals surface area contributed by atoms with Crippen LogP contribution in [0, 0.1) is 22.7 Å². The summed E-state index contributed by atoms with van der Waals surface area (Å²) in [6, 6.07) is 7.49. The molecule has 1 amide bonds. The summed E-state index contributed by atoms with van der Waals surface area (Å²) in [7, 11) is 0. The number of piperidine rings is 1. The minimum atomic E-state index is -0.742. The van der Waals surface area contributed by atoms with Crippen molar-refractivity contribution in [2.24, 2.45) is 21.6 Å². The smallest absolute Gasteiger partial charge is 0.254 e. The monoisotopic (exact) mass is 350 g/mol. The lowest BCUT2D eigenvalue weighted by Crippen LogP contribution is -2.41. The van der Waals surface area contributed by atoms with Crippen LogP contribution in [0.25, 0.3) is 0 Å². The van der Waals surface area contributed by atoms with Gasteiger partial charge in [0, 0.05) is 24.9 Å². The van der Waals surface area contributed by atoms with E-state index in [0.29, 0.717) is 17.0 Å². The molecule has 1 saturated heterocycles. The van der Waals surface area contributed by atoms with Crippen molar-refractivity contribution < 1.29 is 4.79 Å². The molecule has 136 valence electrons. The average molecular weight is 350 g/mol. The van der Waals surface area contributed by atoms with Crippen LogP contribution in [-0.4, -0.2) is 23.9 Å². The predicted octanol–water partition coefficient (Wildman–Crippen LogP) is 4.65. The second kappa shape index (κ2) is 6.68. The lowest BCUT2D eigenvalue weighted by molar-refractivity contribution is 0.0693. The molecule has 2 aliphatic rings. The highest BCUT2D eigenvalue weighted by atomic mass is 16.2. The molecule has 1 fully saturated rings. The second-order valence-electron chi connectivity index (χ2n) is 8.39. The number of carbonyl (C=O) groups excluding carboxylic acids is 1. The second-order valence-corrected chi connectivity index (χ2v) is 8.39. The number of amides is 1. The zero-order chi connectivity index (χ0) is 18.9. The van der Waals surface area contributed by atoms with Gasteiger partial charge in [-0.25, -0.2) is 0 Å². The first-order valence-corrected chi connectivity index (χ1v) is 9.22. The number of hydrogen-bond donors (Lipinski definition) is 0. The van der Waals surface area contributed by atoms with E-state index in [1.54, 1.807) is 24.4 Å². The van der Waals surface area contributed by atoms with Crippen LogP contribution in [0.5, 0.6) is 0 Å². The van der Waals surface area contributed by atoms with Gasteiger partial charge in [-0.3, -0.25) is 4.79 Å². The van der Waals surface area contributed by atoms with Gasteiger partial charge >= 0.3 is 0 Å². The third-order valence-corrected chi connectivity index (χ3v) is 5.60. The molecule has 2 aliphatic heterocycles. The number of nitriles is 1. The van der Waals surface area contributed by atoms with Gasteiger partial charge in [0.05, 0.1) is 11.6 Å². The zero-order valence-corrected chi connectivity index (χ0v) is 16.0. The number of azo groups is 1. The Hall–Kier alpha value is -2.48. The molecule has 26 heavy (non-hydrogen) atoms. The highest BCUT2D eigenvalue weighted by molar-refractivity contribution is 5.96. The Kier molecular flexibility index (Phi) is 4.70. The maximum absolute atomic E-state index is 13.3. The molecule has 5 heteroatoms. The Labute approximate surface area is 155 Å². The summed E-state index contributed by atoms with van der Waals surface area (Å²) in [5, 5.41) is 18.0. The van der Waals surface area contributed by atoms with Crippen molar-refractivity contribution in [1.82, 2.24) is 4.90 Å². The molecule has 1 aromatic rings. The Morgan fingerprint density at radius 3 is 2.54 bits per heavy atom. The molecule has 0 bridgehead atoms. The summed E-state index contributed by atoms with van der Waals surface area (Å²) in [6.07, 6.45) is 5.68. The topological polar surface area (TPSA) is 68.8 Å². The van der Waals surface area contributed by atoms with Gasteiger partial charge in [-0.15, -0.1) is 0 Å². The van der Waals surface area contributed by atoms with Crippen LogP contribution in [0.2, 0.25) is 0 Å². The molecule has 0 spiro atoms. The summed E-state index contributed by atoms with van der Waals surface area (Å²) < 4.78 is 0. The van der Waals surface area contributed by atoms with Crippen molar-refractivity contribution in [3.63, 3.8) is 0 Å². The van der Waals surface area contributed by atoms with E-state index in [9.17, 15) is 10.1 Å². The lowest BCUT2D eigenvalue weighted by atomic mass is 9.68. The average Bonchev–Trinajstić information content (AvgIpc) is 3.12. The summed E-state index contributed by atoms with van der Waals surface area (Å²) in [5.74, 6) is 0.683. The van der Waals surface area contributed by atoms with Crippen molar-refractivity contribution in [1.29, 1.82) is 5.26 Å². The first-order chi connectivity index (χ1) is 12.3. The van der Waals surface area contributed by atoms with Crippen LogP contribution in [0.4, 0.5) is 0 Å². The highest BCUT2D eigenvalue weighted by Crippen LogP contribution is 2.48. The van der Waals surface area contributed by atoms with Gasteiger partial charge in [0.25, 0.3) is 5.91 Å². The SMILES string of the molecule is CC1CCN(C(=O)c2ccc(C#N)cc2C2(C(C)(C)C)C=CN=N2)CC1. The van der Waals surface area contributed by atoms with Crippen molar-refractivity contribution in [2.45, 2.75) is 46.1 Å². The number of carbonyl (C=O) groups is 1. The van der Waals surface area contributed by atoms with Crippen molar-refractivity contribution in [3.05, 3.63) is 47.2 Å². The summed E-state index contributed by atoms with van der Waals surface area (Å²) in [6.45, 7) is 10.0. The molecule has 0 N–H and O–H groups in total. The van der Waals surface area contributed by atoms with E-state index >= 15 is 0 Å². The first kappa shape index (κ1) is 18.3. The van der Waals surface area contributed by atoms with E-state index in [0.717, 1.165) is 31.5 Å². The van der Waals surface area contributed by atoms with Gasteiger partial charge in [-0.05, 0) is 54.0 Å². The van der Waals surface area contributed by atoms with E-state index < -0.39 is 5.54 Å². The third kappa shape index (κ3) is 3.05.